The molecule has 1 saturated carbocycles. The summed E-state index contributed by atoms with van der Waals surface area (Å²) in [5, 5.41) is 8.88. The van der Waals surface area contributed by atoms with Crippen LogP contribution in [-0.4, -0.2) is 13.2 Å². The van der Waals surface area contributed by atoms with E-state index < -0.39 is 0 Å². The van der Waals surface area contributed by atoms with Gasteiger partial charge in [0.2, 0.25) is 0 Å². The van der Waals surface area contributed by atoms with Crippen molar-refractivity contribution in [2.24, 2.45) is 17.8 Å². The van der Waals surface area contributed by atoms with E-state index in [0.717, 1.165) is 30.6 Å². The molecule has 3 nitrogen and oxygen atoms in total. The number of hydrogen-bond donors (Lipinski definition) is 0. The van der Waals surface area contributed by atoms with E-state index in [9.17, 15) is 0 Å². The minimum atomic E-state index is -0.270. The van der Waals surface area contributed by atoms with Crippen LogP contribution < -0.4 is 0 Å². The SMILES string of the molecule is CCCCC1CCC(CCC2COC(c3ccc(C#N)cc3)OC2)CC1. The summed E-state index contributed by atoms with van der Waals surface area (Å²) >= 11 is 0. The van der Waals surface area contributed by atoms with E-state index in [1.807, 2.05) is 24.3 Å². The van der Waals surface area contributed by atoms with Crippen molar-refractivity contribution in [3.8, 4) is 6.07 Å². The van der Waals surface area contributed by atoms with Gasteiger partial charge in [-0.1, -0.05) is 70.4 Å². The molecule has 1 aromatic rings. The van der Waals surface area contributed by atoms with Gasteiger partial charge in [-0.05, 0) is 30.4 Å². The number of rotatable bonds is 7. The van der Waals surface area contributed by atoms with Crippen LogP contribution in [0.5, 0.6) is 0 Å². The van der Waals surface area contributed by atoms with E-state index in [2.05, 4.69) is 13.0 Å². The highest BCUT2D eigenvalue weighted by Crippen LogP contribution is 2.35. The van der Waals surface area contributed by atoms with Gasteiger partial charge >= 0.3 is 0 Å². The molecule has 1 aliphatic carbocycles. The first-order valence-electron chi connectivity index (χ1n) is 10.5. The summed E-state index contributed by atoms with van der Waals surface area (Å²) in [7, 11) is 0. The third-order valence-corrected chi connectivity index (χ3v) is 6.19. The fourth-order valence-electron chi connectivity index (χ4n) is 4.39. The Labute approximate surface area is 158 Å². The molecule has 1 heterocycles. The standard InChI is InChI=1S/C23H33NO2/c1-2-3-4-18-5-7-19(8-6-18)9-10-21-16-25-23(26-17-21)22-13-11-20(15-24)12-14-22/h11-14,18-19,21,23H,2-10,16-17H2,1H3. The molecule has 0 atom stereocenters. The molecule has 1 aromatic carbocycles. The van der Waals surface area contributed by atoms with Gasteiger partial charge in [-0.2, -0.15) is 5.26 Å². The van der Waals surface area contributed by atoms with Gasteiger partial charge in [-0.25, -0.2) is 0 Å². The second-order valence-corrected chi connectivity index (χ2v) is 8.20. The van der Waals surface area contributed by atoms with Crippen molar-refractivity contribution < 1.29 is 9.47 Å². The second kappa shape index (κ2) is 10.1. The average Bonchev–Trinajstić information content (AvgIpc) is 2.72. The van der Waals surface area contributed by atoms with E-state index in [-0.39, 0.29) is 6.29 Å². The lowest BCUT2D eigenvalue weighted by atomic mass is 9.77. The maximum atomic E-state index is 8.88. The topological polar surface area (TPSA) is 42.2 Å². The van der Waals surface area contributed by atoms with Gasteiger partial charge in [0.15, 0.2) is 6.29 Å². The van der Waals surface area contributed by atoms with Crippen molar-refractivity contribution in [3.63, 3.8) is 0 Å². The van der Waals surface area contributed by atoms with Crippen molar-refractivity contribution in [1.29, 1.82) is 5.26 Å². The largest absolute Gasteiger partial charge is 0.348 e. The quantitative estimate of drug-likeness (QED) is 0.602. The van der Waals surface area contributed by atoms with Gasteiger partial charge in [-0.3, -0.25) is 0 Å². The summed E-state index contributed by atoms with van der Waals surface area (Å²) in [6, 6.07) is 9.65. The number of nitrogens with zero attached hydrogens (tertiary/aromatic N) is 1. The number of unbranched alkanes of at least 4 members (excludes halogenated alkanes) is 1. The monoisotopic (exact) mass is 355 g/mol. The summed E-state index contributed by atoms with van der Waals surface area (Å²) in [5.74, 6) is 2.45. The number of ether oxygens (including phenoxy) is 2. The Bertz CT molecular complexity index is 561. The lowest BCUT2D eigenvalue weighted by molar-refractivity contribution is -0.206. The highest BCUT2D eigenvalue weighted by molar-refractivity contribution is 5.32. The minimum absolute atomic E-state index is 0.270. The number of nitriles is 1. The Morgan fingerprint density at radius 1 is 0.885 bits per heavy atom. The van der Waals surface area contributed by atoms with Crippen molar-refractivity contribution in [2.45, 2.75) is 71.0 Å². The summed E-state index contributed by atoms with van der Waals surface area (Å²) in [4.78, 5) is 0. The lowest BCUT2D eigenvalue weighted by Gasteiger charge is -2.32. The Morgan fingerprint density at radius 2 is 1.46 bits per heavy atom. The zero-order chi connectivity index (χ0) is 18.2. The second-order valence-electron chi connectivity index (χ2n) is 8.20. The lowest BCUT2D eigenvalue weighted by Crippen LogP contribution is -2.28. The predicted molar refractivity (Wildman–Crippen MR) is 103 cm³/mol. The smallest absolute Gasteiger partial charge is 0.183 e. The number of hydrogen-bond acceptors (Lipinski definition) is 3. The third-order valence-electron chi connectivity index (χ3n) is 6.19. The highest BCUT2D eigenvalue weighted by atomic mass is 16.7. The van der Waals surface area contributed by atoms with Crippen LogP contribution in [0.4, 0.5) is 0 Å². The molecular weight excluding hydrogens is 322 g/mol. The normalized spacial score (nSPS) is 29.2. The Hall–Kier alpha value is -1.37. The van der Waals surface area contributed by atoms with Crippen molar-refractivity contribution in [2.75, 3.05) is 13.2 Å². The molecule has 3 rings (SSSR count). The van der Waals surface area contributed by atoms with Crippen LogP contribution >= 0.6 is 0 Å². The van der Waals surface area contributed by atoms with Gasteiger partial charge in [0, 0.05) is 11.5 Å². The van der Waals surface area contributed by atoms with Gasteiger partial charge in [0.25, 0.3) is 0 Å². The van der Waals surface area contributed by atoms with Crippen LogP contribution in [0.1, 0.15) is 82.1 Å². The molecular formula is C23H33NO2. The molecule has 0 amide bonds. The van der Waals surface area contributed by atoms with Gasteiger partial charge in [0.05, 0.1) is 24.8 Å². The molecule has 0 bridgehead atoms. The highest BCUT2D eigenvalue weighted by Gasteiger charge is 2.26. The first kappa shape index (κ1) is 19.4. The average molecular weight is 356 g/mol. The summed E-state index contributed by atoms with van der Waals surface area (Å²) in [6.07, 6.45) is 12.2. The Kier molecular flexibility index (Phi) is 7.53. The Morgan fingerprint density at radius 3 is 2.04 bits per heavy atom. The van der Waals surface area contributed by atoms with Gasteiger partial charge in [-0.15, -0.1) is 0 Å². The zero-order valence-corrected chi connectivity index (χ0v) is 16.2. The fourth-order valence-corrected chi connectivity index (χ4v) is 4.39. The van der Waals surface area contributed by atoms with Crippen LogP contribution in [0.2, 0.25) is 0 Å². The molecule has 2 aliphatic rings. The van der Waals surface area contributed by atoms with Gasteiger partial charge in [0.1, 0.15) is 0 Å². The molecule has 0 unspecified atom stereocenters. The van der Waals surface area contributed by atoms with Gasteiger partial charge < -0.3 is 9.47 Å². The summed E-state index contributed by atoms with van der Waals surface area (Å²) in [6.45, 7) is 3.87. The molecule has 1 saturated heterocycles. The van der Waals surface area contributed by atoms with Crippen LogP contribution in [-0.2, 0) is 9.47 Å². The van der Waals surface area contributed by atoms with E-state index in [1.54, 1.807) is 0 Å². The minimum Gasteiger partial charge on any atom is -0.348 e. The zero-order valence-electron chi connectivity index (χ0n) is 16.2. The third kappa shape index (κ3) is 5.56. The van der Waals surface area contributed by atoms with Crippen LogP contribution in [0.25, 0.3) is 0 Å². The van der Waals surface area contributed by atoms with Crippen LogP contribution in [0.3, 0.4) is 0 Å². The predicted octanol–water partition coefficient (Wildman–Crippen LogP) is 6.00. The first-order chi connectivity index (χ1) is 12.8. The maximum absolute atomic E-state index is 8.88. The molecule has 0 N–H and O–H groups in total. The Balaban J connectivity index is 1.34. The van der Waals surface area contributed by atoms with E-state index in [4.69, 9.17) is 14.7 Å². The first-order valence-corrected chi connectivity index (χ1v) is 10.5. The van der Waals surface area contributed by atoms with E-state index in [0.29, 0.717) is 11.5 Å². The summed E-state index contributed by atoms with van der Waals surface area (Å²) in [5.41, 5.74) is 1.68. The molecule has 1 aliphatic heterocycles. The molecule has 142 valence electrons. The van der Waals surface area contributed by atoms with Crippen molar-refractivity contribution in [1.82, 2.24) is 0 Å². The maximum Gasteiger partial charge on any atom is 0.183 e. The molecule has 3 heteroatoms. The molecule has 26 heavy (non-hydrogen) atoms. The molecule has 2 fully saturated rings. The van der Waals surface area contributed by atoms with E-state index >= 15 is 0 Å². The summed E-state index contributed by atoms with van der Waals surface area (Å²) < 4.78 is 11.9. The molecule has 0 radical (unpaired) electrons. The molecule has 0 spiro atoms. The van der Waals surface area contributed by atoms with Crippen molar-refractivity contribution in [3.05, 3.63) is 35.4 Å². The van der Waals surface area contributed by atoms with Crippen molar-refractivity contribution >= 4 is 0 Å². The van der Waals surface area contributed by atoms with E-state index in [1.165, 1.54) is 57.8 Å². The fraction of sp³-hybridized carbons (Fsp3) is 0.696. The van der Waals surface area contributed by atoms with Crippen LogP contribution in [0, 0.1) is 29.1 Å². The molecule has 0 aromatic heterocycles. The van der Waals surface area contributed by atoms with Crippen LogP contribution in [0.15, 0.2) is 24.3 Å². The number of benzene rings is 1.